The van der Waals surface area contributed by atoms with Crippen molar-refractivity contribution in [2.24, 2.45) is 17.8 Å². The Kier molecular flexibility index (Phi) is 3.68. The van der Waals surface area contributed by atoms with Gasteiger partial charge in [0.25, 0.3) is 0 Å². The molecule has 3 heteroatoms. The van der Waals surface area contributed by atoms with Gasteiger partial charge in [-0.1, -0.05) is 18.6 Å². The quantitative estimate of drug-likeness (QED) is 0.859. The van der Waals surface area contributed by atoms with Gasteiger partial charge in [-0.15, -0.1) is 0 Å². The normalized spacial score (nSPS) is 29.2. The molecule has 0 aromatic heterocycles. The zero-order valence-electron chi connectivity index (χ0n) is 12.4. The van der Waals surface area contributed by atoms with E-state index in [9.17, 15) is 4.79 Å². The maximum absolute atomic E-state index is 12.1. The van der Waals surface area contributed by atoms with Gasteiger partial charge in [-0.3, -0.25) is 0 Å². The van der Waals surface area contributed by atoms with Gasteiger partial charge in [-0.2, -0.15) is 0 Å². The topological polar surface area (TPSA) is 41.1 Å². The van der Waals surface area contributed by atoms with Crippen LogP contribution in [0.1, 0.15) is 38.2 Å². The molecule has 3 nitrogen and oxygen atoms in total. The van der Waals surface area contributed by atoms with E-state index in [-0.39, 0.29) is 12.1 Å². The summed E-state index contributed by atoms with van der Waals surface area (Å²) in [5.41, 5.74) is 2.02. The highest BCUT2D eigenvalue weighted by Gasteiger charge is 2.42. The van der Waals surface area contributed by atoms with Gasteiger partial charge in [0.15, 0.2) is 0 Å². The predicted octanol–water partition coefficient (Wildman–Crippen LogP) is 3.94. The number of urea groups is 1. The Balaban J connectivity index is 1.53. The Morgan fingerprint density at radius 3 is 2.80 bits per heavy atom. The first kappa shape index (κ1) is 13.5. The maximum atomic E-state index is 12.1. The number of nitrogens with one attached hydrogen (secondary N) is 2. The minimum Gasteiger partial charge on any atom is -0.335 e. The zero-order valence-corrected chi connectivity index (χ0v) is 12.4. The van der Waals surface area contributed by atoms with Crippen molar-refractivity contribution in [2.75, 3.05) is 5.32 Å². The Bertz CT molecular complexity index is 500. The lowest BCUT2D eigenvalue weighted by atomic mass is 9.84. The molecule has 0 unspecified atom stereocenters. The van der Waals surface area contributed by atoms with Crippen molar-refractivity contribution in [3.8, 4) is 0 Å². The Labute approximate surface area is 121 Å². The number of benzene rings is 1. The molecular formula is C17H24N2O. The maximum Gasteiger partial charge on any atom is 0.319 e. The van der Waals surface area contributed by atoms with E-state index >= 15 is 0 Å². The fourth-order valence-corrected chi connectivity index (χ4v) is 4.11. The zero-order chi connectivity index (χ0) is 14.1. The molecule has 2 saturated carbocycles. The number of aryl methyl sites for hydroxylation is 1. The van der Waals surface area contributed by atoms with E-state index in [1.54, 1.807) is 0 Å². The third kappa shape index (κ3) is 2.82. The molecule has 4 atom stereocenters. The molecule has 108 valence electrons. The molecule has 2 aliphatic carbocycles. The van der Waals surface area contributed by atoms with Crippen molar-refractivity contribution in [3.63, 3.8) is 0 Å². The van der Waals surface area contributed by atoms with E-state index in [1.807, 2.05) is 31.2 Å². The van der Waals surface area contributed by atoms with Crippen LogP contribution in [0.15, 0.2) is 24.3 Å². The third-order valence-electron chi connectivity index (χ3n) is 5.07. The van der Waals surface area contributed by atoms with Crippen LogP contribution in [-0.4, -0.2) is 12.1 Å². The first-order valence-electron chi connectivity index (χ1n) is 7.76. The van der Waals surface area contributed by atoms with E-state index in [0.717, 1.165) is 23.1 Å². The first-order chi connectivity index (χ1) is 9.61. The molecule has 0 heterocycles. The number of hydrogen-bond donors (Lipinski definition) is 2. The molecule has 0 radical (unpaired) electrons. The van der Waals surface area contributed by atoms with Gasteiger partial charge in [0, 0.05) is 11.7 Å². The molecule has 0 saturated heterocycles. The third-order valence-corrected chi connectivity index (χ3v) is 5.07. The standard InChI is InChI=1S/C17H24N2O/c1-11-4-3-5-15(8-11)19-17(20)18-12(2)16-10-13-6-7-14(16)9-13/h3-5,8,12-14,16H,6-7,9-10H2,1-2H3,(H2,18,19,20)/t12-,13-,14-,16+/m1/s1. The summed E-state index contributed by atoms with van der Waals surface area (Å²) in [5, 5.41) is 6.06. The van der Waals surface area contributed by atoms with E-state index in [4.69, 9.17) is 0 Å². The second kappa shape index (κ2) is 5.47. The largest absolute Gasteiger partial charge is 0.335 e. The van der Waals surface area contributed by atoms with Gasteiger partial charge >= 0.3 is 6.03 Å². The summed E-state index contributed by atoms with van der Waals surface area (Å²) in [6, 6.07) is 8.10. The van der Waals surface area contributed by atoms with Crippen LogP contribution in [-0.2, 0) is 0 Å². The molecule has 2 bridgehead atoms. The number of anilines is 1. The molecule has 2 fully saturated rings. The number of carbonyl (C=O) groups is 1. The lowest BCUT2D eigenvalue weighted by Crippen LogP contribution is -2.42. The van der Waals surface area contributed by atoms with E-state index < -0.39 is 0 Å². The summed E-state index contributed by atoms with van der Waals surface area (Å²) in [4.78, 5) is 12.1. The number of carbonyl (C=O) groups excluding carboxylic acids is 1. The highest BCUT2D eigenvalue weighted by Crippen LogP contribution is 2.49. The molecule has 20 heavy (non-hydrogen) atoms. The summed E-state index contributed by atoms with van der Waals surface area (Å²) >= 11 is 0. The molecule has 1 aromatic rings. The minimum atomic E-state index is -0.0779. The van der Waals surface area contributed by atoms with E-state index in [0.29, 0.717) is 5.92 Å². The summed E-state index contributed by atoms with van der Waals surface area (Å²) in [7, 11) is 0. The van der Waals surface area contributed by atoms with Gasteiger partial charge in [0.1, 0.15) is 0 Å². The van der Waals surface area contributed by atoms with Crippen molar-refractivity contribution in [3.05, 3.63) is 29.8 Å². The van der Waals surface area contributed by atoms with Crippen molar-refractivity contribution < 1.29 is 4.79 Å². The first-order valence-corrected chi connectivity index (χ1v) is 7.76. The van der Waals surface area contributed by atoms with Crippen LogP contribution in [0.5, 0.6) is 0 Å². The van der Waals surface area contributed by atoms with Crippen LogP contribution in [0.25, 0.3) is 0 Å². The fourth-order valence-electron chi connectivity index (χ4n) is 4.11. The van der Waals surface area contributed by atoms with Gasteiger partial charge < -0.3 is 10.6 Å². The molecule has 2 amide bonds. The lowest BCUT2D eigenvalue weighted by molar-refractivity contribution is 0.230. The molecule has 3 rings (SSSR count). The van der Waals surface area contributed by atoms with Crippen LogP contribution in [0.4, 0.5) is 10.5 Å². The van der Waals surface area contributed by atoms with Crippen molar-refractivity contribution in [1.29, 1.82) is 0 Å². The van der Waals surface area contributed by atoms with Crippen LogP contribution in [0.3, 0.4) is 0 Å². The number of hydrogen-bond acceptors (Lipinski definition) is 1. The summed E-state index contributed by atoms with van der Waals surface area (Å²) in [5.74, 6) is 2.44. The smallest absolute Gasteiger partial charge is 0.319 e. The average molecular weight is 272 g/mol. The highest BCUT2D eigenvalue weighted by atomic mass is 16.2. The summed E-state index contributed by atoms with van der Waals surface area (Å²) in [6.07, 6.45) is 5.46. The Morgan fingerprint density at radius 1 is 1.30 bits per heavy atom. The van der Waals surface area contributed by atoms with Gasteiger partial charge in [-0.05, 0) is 68.6 Å². The van der Waals surface area contributed by atoms with Crippen LogP contribution in [0.2, 0.25) is 0 Å². The predicted molar refractivity (Wildman–Crippen MR) is 81.7 cm³/mol. The molecule has 1 aromatic carbocycles. The highest BCUT2D eigenvalue weighted by molar-refractivity contribution is 5.89. The van der Waals surface area contributed by atoms with Gasteiger partial charge in [0.2, 0.25) is 0 Å². The number of amides is 2. The molecule has 2 N–H and O–H groups in total. The van der Waals surface area contributed by atoms with Gasteiger partial charge in [-0.25, -0.2) is 4.79 Å². The van der Waals surface area contributed by atoms with Crippen molar-refractivity contribution in [1.82, 2.24) is 5.32 Å². The average Bonchev–Trinajstić information content (AvgIpc) is 3.00. The molecular weight excluding hydrogens is 248 g/mol. The van der Waals surface area contributed by atoms with E-state index in [1.165, 1.54) is 25.7 Å². The lowest BCUT2D eigenvalue weighted by Gasteiger charge is -2.28. The van der Waals surface area contributed by atoms with Crippen LogP contribution in [0, 0.1) is 24.7 Å². The second-order valence-electron chi connectivity index (χ2n) is 6.60. The molecule has 0 aliphatic heterocycles. The second-order valence-corrected chi connectivity index (χ2v) is 6.60. The molecule has 2 aliphatic rings. The molecule has 0 spiro atoms. The van der Waals surface area contributed by atoms with Gasteiger partial charge in [0.05, 0.1) is 0 Å². The Hall–Kier alpha value is -1.51. The SMILES string of the molecule is Cc1cccc(NC(=O)N[C@H](C)[C@@H]2C[C@@H]3CC[C@@H]2C3)c1. The fraction of sp³-hybridized carbons (Fsp3) is 0.588. The monoisotopic (exact) mass is 272 g/mol. The number of rotatable bonds is 3. The van der Waals surface area contributed by atoms with Crippen LogP contribution < -0.4 is 10.6 Å². The van der Waals surface area contributed by atoms with Crippen molar-refractivity contribution >= 4 is 11.7 Å². The van der Waals surface area contributed by atoms with E-state index in [2.05, 4.69) is 17.6 Å². The summed E-state index contributed by atoms with van der Waals surface area (Å²) in [6.45, 7) is 4.18. The Morgan fingerprint density at radius 2 is 2.15 bits per heavy atom. The minimum absolute atomic E-state index is 0.0779. The van der Waals surface area contributed by atoms with Crippen LogP contribution >= 0.6 is 0 Å². The number of fused-ring (bicyclic) bond motifs is 2. The summed E-state index contributed by atoms with van der Waals surface area (Å²) < 4.78 is 0. The van der Waals surface area contributed by atoms with Crippen molar-refractivity contribution in [2.45, 2.75) is 45.6 Å².